The monoisotopic (exact) mass is 288 g/mol. The van der Waals surface area contributed by atoms with Gasteiger partial charge in [0.2, 0.25) is 0 Å². The van der Waals surface area contributed by atoms with Crippen molar-refractivity contribution in [1.82, 2.24) is 5.32 Å². The molecule has 0 bridgehead atoms. The Morgan fingerprint density at radius 3 is 2.83 bits per heavy atom. The molecule has 18 heavy (non-hydrogen) atoms. The number of nitrogens with two attached hydrogens (primary N) is 1. The lowest BCUT2D eigenvalue weighted by atomic mass is 10.2. The largest absolute Gasteiger partial charge is 0.482 e. The number of rotatable bonds is 6. The van der Waals surface area contributed by atoms with Gasteiger partial charge in [0.1, 0.15) is 5.75 Å². The zero-order chi connectivity index (χ0) is 13.5. The molecule has 0 saturated heterocycles. The highest BCUT2D eigenvalue weighted by molar-refractivity contribution is 6.35. The molecule has 0 saturated carbocycles. The molecular weight excluding hydrogens is 275 g/mol. The van der Waals surface area contributed by atoms with Crippen LogP contribution in [0.3, 0.4) is 0 Å². The highest BCUT2D eigenvalue weighted by atomic mass is 35.5. The quantitative estimate of drug-likeness (QED) is 0.788. The van der Waals surface area contributed by atoms with Crippen LogP contribution in [-0.2, 0) is 11.3 Å². The molecule has 98 valence electrons. The van der Waals surface area contributed by atoms with Crippen molar-refractivity contribution in [3.8, 4) is 5.75 Å². The molecule has 0 spiro atoms. The van der Waals surface area contributed by atoms with Gasteiger partial charge < -0.3 is 15.8 Å². The third-order valence-corrected chi connectivity index (χ3v) is 2.60. The Bertz CT molecular complexity index is 450. The van der Waals surface area contributed by atoms with Gasteiger partial charge >= 0.3 is 0 Å². The molecule has 0 aromatic heterocycles. The molecule has 6 heteroatoms. The first-order valence-electron chi connectivity index (χ1n) is 5.26. The number of hydrogen-bond donors (Lipinski definition) is 2. The molecule has 3 N–H and O–H groups in total. The molecule has 1 aromatic carbocycles. The van der Waals surface area contributed by atoms with E-state index in [9.17, 15) is 4.79 Å². The molecule has 0 radical (unpaired) electrons. The van der Waals surface area contributed by atoms with Crippen molar-refractivity contribution in [2.24, 2.45) is 5.73 Å². The molecule has 0 heterocycles. The first-order chi connectivity index (χ1) is 8.58. The van der Waals surface area contributed by atoms with Gasteiger partial charge in [-0.05, 0) is 12.1 Å². The second kappa shape index (κ2) is 7.26. The summed E-state index contributed by atoms with van der Waals surface area (Å²) in [7, 11) is 0. The van der Waals surface area contributed by atoms with E-state index in [1.54, 1.807) is 18.2 Å². The van der Waals surface area contributed by atoms with Crippen LogP contribution >= 0.6 is 23.2 Å². The molecule has 1 aromatic rings. The minimum atomic E-state index is -0.260. The average Bonchev–Trinajstić information content (AvgIpc) is 2.34. The van der Waals surface area contributed by atoms with E-state index in [0.29, 0.717) is 27.9 Å². The van der Waals surface area contributed by atoms with E-state index < -0.39 is 0 Å². The lowest BCUT2D eigenvalue weighted by Gasteiger charge is -2.12. The molecule has 0 aliphatic heterocycles. The third-order valence-electron chi connectivity index (χ3n) is 2.10. The maximum Gasteiger partial charge on any atom is 0.258 e. The van der Waals surface area contributed by atoms with Crippen molar-refractivity contribution >= 4 is 29.1 Å². The van der Waals surface area contributed by atoms with Crippen LogP contribution in [0.5, 0.6) is 5.75 Å². The average molecular weight is 289 g/mol. The number of halogens is 2. The lowest BCUT2D eigenvalue weighted by molar-refractivity contribution is -0.122. The Labute approximate surface area is 116 Å². The van der Waals surface area contributed by atoms with Gasteiger partial charge in [0.05, 0.1) is 5.02 Å². The van der Waals surface area contributed by atoms with Crippen molar-refractivity contribution in [3.63, 3.8) is 0 Å². The summed E-state index contributed by atoms with van der Waals surface area (Å²) < 4.78 is 5.36. The fraction of sp³-hybridized carbons (Fsp3) is 0.250. The SMILES string of the molecule is C=CCNC(=O)COc1c(Cl)cc(Cl)cc1CN. The molecule has 0 unspecified atom stereocenters. The summed E-state index contributed by atoms with van der Waals surface area (Å²) in [6.07, 6.45) is 1.58. The summed E-state index contributed by atoms with van der Waals surface area (Å²) in [5.74, 6) is 0.126. The van der Waals surface area contributed by atoms with Gasteiger partial charge in [-0.3, -0.25) is 4.79 Å². The number of ether oxygens (including phenoxy) is 1. The summed E-state index contributed by atoms with van der Waals surface area (Å²) in [5.41, 5.74) is 6.22. The fourth-order valence-electron chi connectivity index (χ4n) is 1.30. The van der Waals surface area contributed by atoms with Gasteiger partial charge in [0.15, 0.2) is 6.61 Å². The maximum absolute atomic E-state index is 11.4. The summed E-state index contributed by atoms with van der Waals surface area (Å²) in [5, 5.41) is 3.40. The Hall–Kier alpha value is -1.23. The number of nitrogens with one attached hydrogen (secondary N) is 1. The number of benzene rings is 1. The fourth-order valence-corrected chi connectivity index (χ4v) is 1.89. The topological polar surface area (TPSA) is 64.3 Å². The van der Waals surface area contributed by atoms with Crippen molar-refractivity contribution < 1.29 is 9.53 Å². The summed E-state index contributed by atoms with van der Waals surface area (Å²) in [6, 6.07) is 3.20. The Morgan fingerprint density at radius 1 is 1.50 bits per heavy atom. The first-order valence-corrected chi connectivity index (χ1v) is 6.02. The van der Waals surface area contributed by atoms with Crippen LogP contribution in [0.1, 0.15) is 5.56 Å². The van der Waals surface area contributed by atoms with Gasteiger partial charge in [-0.25, -0.2) is 0 Å². The van der Waals surface area contributed by atoms with Crippen molar-refractivity contribution in [2.45, 2.75) is 6.54 Å². The van der Waals surface area contributed by atoms with E-state index in [0.717, 1.165) is 0 Å². The molecule has 0 fully saturated rings. The van der Waals surface area contributed by atoms with Crippen molar-refractivity contribution in [1.29, 1.82) is 0 Å². The van der Waals surface area contributed by atoms with Gasteiger partial charge in [-0.15, -0.1) is 6.58 Å². The Balaban J connectivity index is 2.72. The molecule has 0 aliphatic carbocycles. The number of amides is 1. The highest BCUT2D eigenvalue weighted by Gasteiger charge is 2.11. The van der Waals surface area contributed by atoms with Crippen LogP contribution in [0.15, 0.2) is 24.8 Å². The predicted molar refractivity (Wildman–Crippen MR) is 73.1 cm³/mol. The van der Waals surface area contributed by atoms with E-state index in [4.69, 9.17) is 33.7 Å². The number of carbonyl (C=O) groups is 1. The van der Waals surface area contributed by atoms with Crippen LogP contribution in [0.4, 0.5) is 0 Å². The minimum Gasteiger partial charge on any atom is -0.482 e. The van der Waals surface area contributed by atoms with Gasteiger partial charge in [-0.1, -0.05) is 29.3 Å². The van der Waals surface area contributed by atoms with Crippen LogP contribution in [0, 0.1) is 0 Å². The number of hydrogen-bond acceptors (Lipinski definition) is 3. The van der Waals surface area contributed by atoms with Crippen LogP contribution in [0.2, 0.25) is 10.0 Å². The lowest BCUT2D eigenvalue weighted by Crippen LogP contribution is -2.29. The second-order valence-electron chi connectivity index (χ2n) is 3.46. The van der Waals surface area contributed by atoms with Crippen molar-refractivity contribution in [2.75, 3.05) is 13.2 Å². The van der Waals surface area contributed by atoms with Crippen molar-refractivity contribution in [3.05, 3.63) is 40.4 Å². The van der Waals surface area contributed by atoms with Crippen LogP contribution < -0.4 is 15.8 Å². The number of carbonyl (C=O) groups excluding carboxylic acids is 1. The van der Waals surface area contributed by atoms with E-state index in [1.165, 1.54) is 0 Å². The smallest absolute Gasteiger partial charge is 0.258 e. The molecular formula is C12H14Cl2N2O2. The third kappa shape index (κ3) is 4.22. The van der Waals surface area contributed by atoms with Crippen LogP contribution in [-0.4, -0.2) is 19.1 Å². The maximum atomic E-state index is 11.4. The van der Waals surface area contributed by atoms with E-state index in [-0.39, 0.29) is 19.1 Å². The Kier molecular flexibility index (Phi) is 5.98. The zero-order valence-corrected chi connectivity index (χ0v) is 11.2. The van der Waals surface area contributed by atoms with Gasteiger partial charge in [0.25, 0.3) is 5.91 Å². The molecule has 0 atom stereocenters. The molecule has 1 rings (SSSR count). The van der Waals surface area contributed by atoms with Gasteiger partial charge in [0, 0.05) is 23.7 Å². The molecule has 0 aliphatic rings. The normalized spacial score (nSPS) is 9.94. The summed E-state index contributed by atoms with van der Waals surface area (Å²) in [6.45, 7) is 3.97. The molecule has 1 amide bonds. The summed E-state index contributed by atoms with van der Waals surface area (Å²) >= 11 is 11.8. The summed E-state index contributed by atoms with van der Waals surface area (Å²) in [4.78, 5) is 11.4. The second-order valence-corrected chi connectivity index (χ2v) is 4.31. The molecule has 4 nitrogen and oxygen atoms in total. The predicted octanol–water partition coefficient (Wildman–Crippen LogP) is 2.13. The Morgan fingerprint density at radius 2 is 2.22 bits per heavy atom. The van der Waals surface area contributed by atoms with Crippen LogP contribution in [0.25, 0.3) is 0 Å². The first kappa shape index (κ1) is 14.8. The highest BCUT2D eigenvalue weighted by Crippen LogP contribution is 2.32. The zero-order valence-electron chi connectivity index (χ0n) is 9.71. The standard InChI is InChI=1S/C12H14Cl2N2O2/c1-2-3-16-11(17)7-18-12-8(6-15)4-9(13)5-10(12)14/h2,4-5H,1,3,6-7,15H2,(H,16,17). The van der Waals surface area contributed by atoms with Gasteiger partial charge in [-0.2, -0.15) is 0 Å². The minimum absolute atomic E-state index is 0.137. The van der Waals surface area contributed by atoms with E-state index >= 15 is 0 Å². The van der Waals surface area contributed by atoms with E-state index in [2.05, 4.69) is 11.9 Å². The van der Waals surface area contributed by atoms with E-state index in [1.807, 2.05) is 0 Å².